The maximum Gasteiger partial charge on any atom is 0.141 e. The number of aryl methyl sites for hydroxylation is 1. The number of rotatable bonds is 11. The highest BCUT2D eigenvalue weighted by atomic mass is 16.3. The van der Waals surface area contributed by atoms with Crippen molar-refractivity contribution < 1.29 is 8.83 Å². The SMILES string of the molecule is CCCCCCCCCCCCc1coc2c1ccc1c3ccc4c(ccc5ccoc54)c3ccc12. The molecule has 184 valence electrons. The van der Waals surface area contributed by atoms with Crippen LogP contribution in [0.4, 0.5) is 0 Å². The topological polar surface area (TPSA) is 26.3 Å². The largest absolute Gasteiger partial charge is 0.464 e. The van der Waals surface area contributed by atoms with Gasteiger partial charge in [-0.2, -0.15) is 0 Å². The Kier molecular flexibility index (Phi) is 6.68. The summed E-state index contributed by atoms with van der Waals surface area (Å²) in [6.07, 6.45) is 18.6. The lowest BCUT2D eigenvalue weighted by Crippen LogP contribution is -1.86. The molecule has 36 heavy (non-hydrogen) atoms. The van der Waals surface area contributed by atoms with Crippen molar-refractivity contribution in [1.82, 2.24) is 0 Å². The van der Waals surface area contributed by atoms with E-state index in [1.54, 1.807) is 6.26 Å². The second-order valence-corrected chi connectivity index (χ2v) is 10.5. The minimum atomic E-state index is 0.965. The van der Waals surface area contributed by atoms with Crippen molar-refractivity contribution in [2.75, 3.05) is 0 Å². The smallest absolute Gasteiger partial charge is 0.141 e. The first-order valence-electron chi connectivity index (χ1n) is 14.0. The summed E-state index contributed by atoms with van der Waals surface area (Å²) in [6.45, 7) is 2.29. The average Bonchev–Trinajstić information content (AvgIpc) is 3.56. The van der Waals surface area contributed by atoms with Gasteiger partial charge in [0.25, 0.3) is 0 Å². The number of hydrogen-bond donors (Lipinski definition) is 0. The first kappa shape index (κ1) is 23.2. The third-order valence-electron chi connectivity index (χ3n) is 8.02. The van der Waals surface area contributed by atoms with Crippen LogP contribution in [-0.2, 0) is 6.42 Å². The fourth-order valence-electron chi connectivity index (χ4n) is 6.01. The van der Waals surface area contributed by atoms with E-state index in [-0.39, 0.29) is 0 Å². The molecular formula is C34H36O2. The van der Waals surface area contributed by atoms with Crippen LogP contribution in [-0.4, -0.2) is 0 Å². The Balaban J connectivity index is 1.19. The van der Waals surface area contributed by atoms with Crippen LogP contribution in [0.5, 0.6) is 0 Å². The quantitative estimate of drug-likeness (QED) is 0.137. The van der Waals surface area contributed by atoms with Crippen LogP contribution < -0.4 is 0 Å². The van der Waals surface area contributed by atoms with E-state index in [4.69, 9.17) is 8.83 Å². The molecule has 0 amide bonds. The highest BCUT2D eigenvalue weighted by molar-refractivity contribution is 6.23. The van der Waals surface area contributed by atoms with Gasteiger partial charge in [0.05, 0.1) is 12.5 Å². The lowest BCUT2D eigenvalue weighted by atomic mass is 9.95. The van der Waals surface area contributed by atoms with Crippen LogP contribution >= 0.6 is 0 Å². The summed E-state index contributed by atoms with van der Waals surface area (Å²) in [6, 6.07) is 19.9. The van der Waals surface area contributed by atoms with Crippen molar-refractivity contribution in [3.8, 4) is 0 Å². The molecule has 0 N–H and O–H groups in total. The predicted octanol–water partition coefficient (Wildman–Crippen LogP) is 11.1. The first-order valence-corrected chi connectivity index (χ1v) is 14.0. The van der Waals surface area contributed by atoms with Gasteiger partial charge in [0.2, 0.25) is 0 Å². The van der Waals surface area contributed by atoms with Gasteiger partial charge in [-0.15, -0.1) is 0 Å². The van der Waals surface area contributed by atoms with E-state index in [9.17, 15) is 0 Å². The minimum absolute atomic E-state index is 0.965. The molecule has 2 heteroatoms. The van der Waals surface area contributed by atoms with E-state index in [1.165, 1.54) is 107 Å². The maximum absolute atomic E-state index is 6.17. The van der Waals surface area contributed by atoms with E-state index in [2.05, 4.69) is 55.5 Å². The fourth-order valence-corrected chi connectivity index (χ4v) is 6.01. The lowest BCUT2D eigenvalue weighted by molar-refractivity contribution is 0.555. The Hall–Kier alpha value is -3.26. The highest BCUT2D eigenvalue weighted by Crippen LogP contribution is 2.38. The van der Waals surface area contributed by atoms with Crippen molar-refractivity contribution in [1.29, 1.82) is 0 Å². The third kappa shape index (κ3) is 4.28. The number of hydrogen-bond acceptors (Lipinski definition) is 2. The molecule has 0 saturated heterocycles. The number of furan rings is 2. The molecule has 0 aliphatic rings. The average molecular weight is 477 g/mol. The second kappa shape index (κ2) is 10.4. The summed E-state index contributed by atoms with van der Waals surface area (Å²) in [5, 5.41) is 9.80. The number of fused-ring (bicyclic) bond motifs is 9. The van der Waals surface area contributed by atoms with Crippen LogP contribution in [0.1, 0.15) is 76.7 Å². The Labute approximate surface area is 213 Å². The fraction of sp³-hybridized carbons (Fsp3) is 0.353. The molecule has 2 nitrogen and oxygen atoms in total. The standard InChI is InChI=1S/C34H36O2/c1-2-3-4-5-6-7-8-9-10-11-12-25-23-36-34-26(25)15-16-30-28-17-19-31-29(27(28)18-20-32(30)34)14-13-24-21-22-35-33(24)31/h13-23H,2-12H2,1H3. The Morgan fingerprint density at radius 1 is 0.472 bits per heavy atom. The Bertz CT molecular complexity index is 1630. The van der Waals surface area contributed by atoms with Gasteiger partial charge in [0, 0.05) is 21.5 Å². The molecule has 0 spiro atoms. The predicted molar refractivity (Wildman–Crippen MR) is 154 cm³/mol. The summed E-state index contributed by atoms with van der Waals surface area (Å²) in [4.78, 5) is 0. The maximum atomic E-state index is 6.17. The Morgan fingerprint density at radius 3 is 1.69 bits per heavy atom. The third-order valence-corrected chi connectivity index (χ3v) is 8.02. The summed E-state index contributed by atoms with van der Waals surface area (Å²) < 4.78 is 12.0. The van der Waals surface area contributed by atoms with Crippen LogP contribution in [0.15, 0.2) is 76.0 Å². The number of unbranched alkanes of at least 4 members (excludes halogenated alkanes) is 9. The second-order valence-electron chi connectivity index (χ2n) is 10.5. The molecule has 0 fully saturated rings. The van der Waals surface area contributed by atoms with Crippen molar-refractivity contribution in [3.05, 3.63) is 72.7 Å². The van der Waals surface area contributed by atoms with Crippen molar-refractivity contribution >= 4 is 54.3 Å². The van der Waals surface area contributed by atoms with E-state index >= 15 is 0 Å². The summed E-state index contributed by atoms with van der Waals surface area (Å²) in [5.74, 6) is 0. The monoisotopic (exact) mass is 476 g/mol. The molecule has 2 aromatic heterocycles. The molecule has 6 aromatic rings. The molecule has 0 saturated carbocycles. The van der Waals surface area contributed by atoms with Gasteiger partial charge in [-0.05, 0) is 58.1 Å². The first-order chi connectivity index (χ1) is 17.8. The van der Waals surface area contributed by atoms with Gasteiger partial charge in [-0.1, -0.05) is 101 Å². The summed E-state index contributed by atoms with van der Waals surface area (Å²) in [5.41, 5.74) is 3.34. The molecule has 6 rings (SSSR count). The van der Waals surface area contributed by atoms with E-state index in [1.807, 2.05) is 12.3 Å². The molecule has 2 heterocycles. The van der Waals surface area contributed by atoms with Gasteiger partial charge in [0.1, 0.15) is 11.2 Å². The van der Waals surface area contributed by atoms with Crippen molar-refractivity contribution in [2.24, 2.45) is 0 Å². The van der Waals surface area contributed by atoms with Gasteiger partial charge >= 0.3 is 0 Å². The zero-order valence-corrected chi connectivity index (χ0v) is 21.4. The normalized spacial score (nSPS) is 12.1. The van der Waals surface area contributed by atoms with E-state index < -0.39 is 0 Å². The molecule has 0 radical (unpaired) electrons. The molecule has 0 atom stereocenters. The van der Waals surface area contributed by atoms with Crippen LogP contribution in [0, 0.1) is 0 Å². The zero-order chi connectivity index (χ0) is 24.3. The van der Waals surface area contributed by atoms with Gasteiger partial charge < -0.3 is 8.83 Å². The van der Waals surface area contributed by atoms with Gasteiger partial charge in [0.15, 0.2) is 0 Å². The van der Waals surface area contributed by atoms with Crippen molar-refractivity contribution in [3.63, 3.8) is 0 Å². The van der Waals surface area contributed by atoms with Gasteiger partial charge in [-0.25, -0.2) is 0 Å². The molecule has 0 aliphatic carbocycles. The van der Waals surface area contributed by atoms with E-state index in [0.717, 1.165) is 23.0 Å². The molecule has 0 aliphatic heterocycles. The van der Waals surface area contributed by atoms with Crippen LogP contribution in [0.3, 0.4) is 0 Å². The molecular weight excluding hydrogens is 440 g/mol. The number of benzene rings is 4. The molecule has 0 bridgehead atoms. The minimum Gasteiger partial charge on any atom is -0.464 e. The zero-order valence-electron chi connectivity index (χ0n) is 21.4. The summed E-state index contributed by atoms with van der Waals surface area (Å²) in [7, 11) is 0. The van der Waals surface area contributed by atoms with Crippen LogP contribution in [0.2, 0.25) is 0 Å². The lowest BCUT2D eigenvalue weighted by Gasteiger charge is -2.09. The molecule has 4 aromatic carbocycles. The van der Waals surface area contributed by atoms with Crippen LogP contribution in [0.25, 0.3) is 54.3 Å². The van der Waals surface area contributed by atoms with Gasteiger partial charge in [-0.3, -0.25) is 0 Å². The summed E-state index contributed by atoms with van der Waals surface area (Å²) >= 11 is 0. The van der Waals surface area contributed by atoms with Crippen molar-refractivity contribution in [2.45, 2.75) is 77.6 Å². The Morgan fingerprint density at radius 2 is 1.00 bits per heavy atom. The highest BCUT2D eigenvalue weighted by Gasteiger charge is 2.13. The van der Waals surface area contributed by atoms with E-state index in [0.29, 0.717) is 0 Å². The molecule has 0 unspecified atom stereocenters.